The van der Waals surface area contributed by atoms with Crippen LogP contribution in [0.1, 0.15) is 12.2 Å². The number of nitrogens with one attached hydrogen (secondary N) is 1. The lowest BCUT2D eigenvalue weighted by molar-refractivity contribution is -0.205. The van der Waals surface area contributed by atoms with E-state index in [0.29, 0.717) is 16.5 Å². The van der Waals surface area contributed by atoms with Gasteiger partial charge >= 0.3 is 0 Å². The average Bonchev–Trinajstić information content (AvgIpc) is 3.26. The molecule has 11 heteroatoms. The molecule has 0 unspecified atom stereocenters. The predicted octanol–water partition coefficient (Wildman–Crippen LogP) is 3.79. The van der Waals surface area contributed by atoms with Gasteiger partial charge in [0.15, 0.2) is 6.61 Å². The maximum atomic E-state index is 13.4. The Morgan fingerprint density at radius 2 is 1.87 bits per heavy atom. The topological polar surface area (TPSA) is 95.7 Å². The van der Waals surface area contributed by atoms with Gasteiger partial charge in [0.25, 0.3) is 11.8 Å². The molecule has 1 amide bonds. The van der Waals surface area contributed by atoms with Crippen molar-refractivity contribution in [2.24, 2.45) is 0 Å². The molecule has 1 aliphatic heterocycles. The molecule has 0 saturated carbocycles. The van der Waals surface area contributed by atoms with Gasteiger partial charge in [0.05, 0.1) is 24.3 Å². The molecule has 1 N–H and O–H groups in total. The van der Waals surface area contributed by atoms with Crippen molar-refractivity contribution in [2.45, 2.75) is 12.3 Å². The van der Waals surface area contributed by atoms with Crippen molar-refractivity contribution in [1.29, 1.82) is 0 Å². The van der Waals surface area contributed by atoms with Gasteiger partial charge in [0, 0.05) is 16.7 Å². The molecule has 2 aromatic carbocycles. The molecule has 8 nitrogen and oxygen atoms in total. The minimum Gasteiger partial charge on any atom is -0.484 e. The van der Waals surface area contributed by atoms with Gasteiger partial charge in [-0.15, -0.1) is 10.2 Å². The minimum absolute atomic E-state index is 0.0237. The number of rotatable bonds is 6. The number of hydrogen-bond acceptors (Lipinski definition) is 7. The van der Waals surface area contributed by atoms with Crippen LogP contribution in [0.4, 0.5) is 4.39 Å². The third kappa shape index (κ3) is 5.50. The van der Waals surface area contributed by atoms with Crippen LogP contribution in [0, 0.1) is 5.82 Å². The molecule has 0 radical (unpaired) electrons. The zero-order valence-electron chi connectivity index (χ0n) is 15.9. The van der Waals surface area contributed by atoms with Crippen molar-refractivity contribution < 1.29 is 27.8 Å². The van der Waals surface area contributed by atoms with E-state index in [0.717, 1.165) is 6.07 Å². The smallest absolute Gasteiger partial charge is 0.273 e. The number of hydrogen-bond donors (Lipinski definition) is 1. The lowest BCUT2D eigenvalue weighted by Crippen LogP contribution is -2.46. The summed E-state index contributed by atoms with van der Waals surface area (Å²) in [5.41, 5.74) is 0.713. The highest BCUT2D eigenvalue weighted by molar-refractivity contribution is 6.31. The van der Waals surface area contributed by atoms with E-state index >= 15 is 0 Å². The zero-order chi connectivity index (χ0) is 21.8. The number of benzene rings is 2. The number of carbonyl (C=O) groups excluding carboxylic acids is 1. The molecule has 0 bridgehead atoms. The van der Waals surface area contributed by atoms with Crippen LogP contribution in [-0.4, -0.2) is 42.0 Å². The molecule has 0 aliphatic carbocycles. The van der Waals surface area contributed by atoms with Crippen molar-refractivity contribution in [3.63, 3.8) is 0 Å². The Labute approximate surface area is 186 Å². The van der Waals surface area contributed by atoms with Crippen LogP contribution in [0.2, 0.25) is 10.0 Å². The Morgan fingerprint density at radius 1 is 1.13 bits per heavy atom. The summed E-state index contributed by atoms with van der Waals surface area (Å²) < 4.78 is 35.4. The van der Waals surface area contributed by atoms with E-state index in [1.54, 1.807) is 24.3 Å². The van der Waals surface area contributed by atoms with Crippen LogP contribution in [0.3, 0.4) is 0 Å². The van der Waals surface area contributed by atoms with Crippen molar-refractivity contribution in [3.05, 3.63) is 64.2 Å². The lowest BCUT2D eigenvalue weighted by atomic mass is 10.2. The number of carbonyl (C=O) groups is 1. The number of halogens is 3. The lowest BCUT2D eigenvalue weighted by Gasteiger charge is -2.27. The summed E-state index contributed by atoms with van der Waals surface area (Å²) >= 11 is 11.5. The molecule has 3 aromatic rings. The van der Waals surface area contributed by atoms with E-state index in [1.165, 1.54) is 12.1 Å². The summed E-state index contributed by atoms with van der Waals surface area (Å²) in [4.78, 5) is 12.1. The van der Waals surface area contributed by atoms with Gasteiger partial charge in [-0.05, 0) is 36.4 Å². The van der Waals surface area contributed by atoms with Crippen molar-refractivity contribution in [2.75, 3.05) is 19.8 Å². The number of aromatic nitrogens is 2. The molecule has 0 spiro atoms. The fourth-order valence-electron chi connectivity index (χ4n) is 2.75. The molecule has 1 fully saturated rings. The number of nitrogens with zero attached hydrogens (tertiary/aromatic N) is 2. The van der Waals surface area contributed by atoms with Gasteiger partial charge in [-0.25, -0.2) is 4.39 Å². The normalized spacial score (nSPS) is 18.5. The number of ether oxygens (including phenoxy) is 3. The summed E-state index contributed by atoms with van der Waals surface area (Å²) in [6.07, 6.45) is -0.838. The summed E-state index contributed by atoms with van der Waals surface area (Å²) in [5.74, 6) is -0.359. The minimum atomic E-state index is -0.838. The fraction of sp³-hybridized carbons (Fsp3) is 0.250. The molecule has 1 aliphatic rings. The highest BCUT2D eigenvalue weighted by Gasteiger charge is 2.29. The van der Waals surface area contributed by atoms with Gasteiger partial charge in [0.1, 0.15) is 11.6 Å². The summed E-state index contributed by atoms with van der Waals surface area (Å²) in [6, 6.07) is 10.5. The Balaban J connectivity index is 1.24. The molecule has 31 heavy (non-hydrogen) atoms. The zero-order valence-corrected chi connectivity index (χ0v) is 17.4. The highest BCUT2D eigenvalue weighted by atomic mass is 35.5. The second-order valence-electron chi connectivity index (χ2n) is 6.58. The van der Waals surface area contributed by atoms with E-state index in [4.69, 9.17) is 41.8 Å². The van der Waals surface area contributed by atoms with Crippen LogP contribution in [0.15, 0.2) is 46.9 Å². The van der Waals surface area contributed by atoms with E-state index in [-0.39, 0.29) is 36.5 Å². The fourth-order valence-corrected chi connectivity index (χ4v) is 3.00. The maximum Gasteiger partial charge on any atom is 0.273 e. The van der Waals surface area contributed by atoms with Crippen LogP contribution in [0.5, 0.6) is 5.75 Å². The van der Waals surface area contributed by atoms with Gasteiger partial charge < -0.3 is 23.9 Å². The first-order valence-electron chi connectivity index (χ1n) is 9.17. The number of amides is 1. The summed E-state index contributed by atoms with van der Waals surface area (Å²) in [6.45, 7) is 0.0460. The standard InChI is InChI=1S/C20H16Cl2FN3O5/c21-12-3-1-11(2-4-12)18-25-26-19(31-18)20-29-8-13(9-30-20)24-17(27)10-28-14-5-6-15(22)16(23)7-14/h1-7,13,20H,8-10H2,(H,24,27). The summed E-state index contributed by atoms with van der Waals surface area (Å²) in [7, 11) is 0. The van der Waals surface area contributed by atoms with Crippen LogP contribution < -0.4 is 10.1 Å². The van der Waals surface area contributed by atoms with Crippen LogP contribution in [0.25, 0.3) is 11.5 Å². The van der Waals surface area contributed by atoms with E-state index in [2.05, 4.69) is 15.5 Å². The van der Waals surface area contributed by atoms with Gasteiger partial charge in [0.2, 0.25) is 12.2 Å². The molecule has 1 saturated heterocycles. The average molecular weight is 468 g/mol. The first-order valence-corrected chi connectivity index (χ1v) is 9.93. The molecule has 1 aromatic heterocycles. The third-order valence-corrected chi connectivity index (χ3v) is 4.82. The second kappa shape index (κ2) is 9.61. The molecule has 0 atom stereocenters. The Kier molecular flexibility index (Phi) is 6.67. The molecule has 2 heterocycles. The van der Waals surface area contributed by atoms with E-state index in [9.17, 15) is 9.18 Å². The predicted molar refractivity (Wildman–Crippen MR) is 108 cm³/mol. The SMILES string of the molecule is O=C(COc1ccc(Cl)c(F)c1)NC1COC(c2nnc(-c3ccc(Cl)cc3)o2)OC1. The van der Waals surface area contributed by atoms with Crippen molar-refractivity contribution >= 4 is 29.1 Å². The first-order chi connectivity index (χ1) is 15.0. The molecule has 162 valence electrons. The van der Waals surface area contributed by atoms with Crippen molar-refractivity contribution in [1.82, 2.24) is 15.5 Å². The van der Waals surface area contributed by atoms with E-state index < -0.39 is 24.1 Å². The Morgan fingerprint density at radius 3 is 2.58 bits per heavy atom. The quantitative estimate of drug-likeness (QED) is 0.588. The Bertz CT molecular complexity index is 1060. The largest absolute Gasteiger partial charge is 0.484 e. The highest BCUT2D eigenvalue weighted by Crippen LogP contribution is 2.26. The van der Waals surface area contributed by atoms with E-state index in [1.807, 2.05) is 0 Å². The van der Waals surface area contributed by atoms with Gasteiger partial charge in [-0.1, -0.05) is 23.2 Å². The summed E-state index contributed by atoms with van der Waals surface area (Å²) in [5, 5.41) is 11.2. The maximum absolute atomic E-state index is 13.4. The van der Waals surface area contributed by atoms with Gasteiger partial charge in [-0.2, -0.15) is 0 Å². The third-order valence-electron chi connectivity index (χ3n) is 4.26. The van der Waals surface area contributed by atoms with Crippen LogP contribution in [-0.2, 0) is 14.3 Å². The van der Waals surface area contributed by atoms with Gasteiger partial charge in [-0.3, -0.25) is 4.79 Å². The second-order valence-corrected chi connectivity index (χ2v) is 7.42. The van der Waals surface area contributed by atoms with Crippen LogP contribution >= 0.6 is 23.2 Å². The van der Waals surface area contributed by atoms with Crippen molar-refractivity contribution in [3.8, 4) is 17.2 Å². The molecular formula is C20H16Cl2FN3O5. The Hall–Kier alpha value is -2.72. The molecule has 4 rings (SSSR count). The monoisotopic (exact) mass is 467 g/mol. The first kappa shape index (κ1) is 21.5. The molecular weight excluding hydrogens is 452 g/mol.